The summed E-state index contributed by atoms with van der Waals surface area (Å²) in [6, 6.07) is 8.42. The van der Waals surface area contributed by atoms with Crippen molar-refractivity contribution in [2.24, 2.45) is 0 Å². The van der Waals surface area contributed by atoms with Crippen LogP contribution in [0.5, 0.6) is 0 Å². The average molecular weight is 308 g/mol. The number of halogens is 2. The molecule has 0 aliphatic heterocycles. The molecule has 1 aromatic carbocycles. The molecule has 0 spiro atoms. The van der Waals surface area contributed by atoms with Crippen molar-refractivity contribution in [3.8, 4) is 0 Å². The highest BCUT2D eigenvalue weighted by molar-refractivity contribution is 6.27. The van der Waals surface area contributed by atoms with Crippen molar-refractivity contribution in [1.82, 2.24) is 4.90 Å². The van der Waals surface area contributed by atoms with E-state index < -0.39 is 0 Å². The van der Waals surface area contributed by atoms with Gasteiger partial charge in [-0.3, -0.25) is 4.79 Å². The zero-order valence-electron chi connectivity index (χ0n) is 11.4. The Hall–Kier alpha value is -1.81. The van der Waals surface area contributed by atoms with Crippen molar-refractivity contribution in [3.63, 3.8) is 0 Å². The fourth-order valence-corrected chi connectivity index (χ4v) is 3.01. The smallest absolute Gasteiger partial charge is 0.238 e. The summed E-state index contributed by atoms with van der Waals surface area (Å²) < 4.78 is 18.6. The molecule has 1 aromatic heterocycles. The predicted molar refractivity (Wildman–Crippen MR) is 77.6 cm³/mol. The van der Waals surface area contributed by atoms with Gasteiger partial charge in [0.05, 0.1) is 12.8 Å². The number of hydrogen-bond donors (Lipinski definition) is 0. The zero-order valence-corrected chi connectivity index (χ0v) is 12.1. The molecule has 0 bridgehead atoms. The Balaban J connectivity index is 1.80. The third-order valence-corrected chi connectivity index (χ3v) is 4.09. The Morgan fingerprint density at radius 1 is 1.33 bits per heavy atom. The van der Waals surface area contributed by atoms with Gasteiger partial charge in [0.1, 0.15) is 17.5 Å². The molecule has 0 saturated heterocycles. The molecule has 1 aliphatic carbocycles. The highest BCUT2D eigenvalue weighted by Gasteiger charge is 2.30. The van der Waals surface area contributed by atoms with Crippen LogP contribution < -0.4 is 0 Å². The van der Waals surface area contributed by atoms with Gasteiger partial charge < -0.3 is 9.32 Å². The summed E-state index contributed by atoms with van der Waals surface area (Å²) in [5.74, 6) is 0.277. The number of furan rings is 1. The molecular formula is C16H15ClFNO2. The van der Waals surface area contributed by atoms with E-state index in [2.05, 4.69) is 0 Å². The molecule has 3 nitrogen and oxygen atoms in total. The van der Waals surface area contributed by atoms with Crippen molar-refractivity contribution in [2.45, 2.75) is 25.4 Å². The highest BCUT2D eigenvalue weighted by Crippen LogP contribution is 2.27. The SMILES string of the molecule is O=C(CCl)N(Cc1ccco1)C1Cc2ccc(F)cc2C1. The fourth-order valence-electron chi connectivity index (χ4n) is 2.85. The van der Waals surface area contributed by atoms with Crippen LogP contribution in [0, 0.1) is 5.82 Å². The largest absolute Gasteiger partial charge is 0.467 e. The highest BCUT2D eigenvalue weighted by atomic mass is 35.5. The van der Waals surface area contributed by atoms with E-state index in [1.807, 2.05) is 6.07 Å². The molecule has 1 amide bonds. The summed E-state index contributed by atoms with van der Waals surface area (Å²) in [4.78, 5) is 13.8. The van der Waals surface area contributed by atoms with Crippen molar-refractivity contribution >= 4 is 17.5 Å². The maximum Gasteiger partial charge on any atom is 0.238 e. The number of fused-ring (bicyclic) bond motifs is 1. The van der Waals surface area contributed by atoms with Crippen LogP contribution in [0.2, 0.25) is 0 Å². The quantitative estimate of drug-likeness (QED) is 0.813. The minimum absolute atomic E-state index is 0.00171. The number of amides is 1. The first-order valence-corrected chi connectivity index (χ1v) is 7.36. The molecule has 3 rings (SSSR count). The Morgan fingerprint density at radius 2 is 2.14 bits per heavy atom. The van der Waals surface area contributed by atoms with Crippen LogP contribution in [0.1, 0.15) is 16.9 Å². The number of carbonyl (C=O) groups is 1. The summed E-state index contributed by atoms with van der Waals surface area (Å²) in [7, 11) is 0. The maximum atomic E-state index is 13.3. The molecule has 110 valence electrons. The van der Waals surface area contributed by atoms with Gasteiger partial charge in [-0.15, -0.1) is 11.6 Å². The van der Waals surface area contributed by atoms with E-state index in [1.54, 1.807) is 29.4 Å². The number of rotatable bonds is 4. The first-order valence-electron chi connectivity index (χ1n) is 6.82. The van der Waals surface area contributed by atoms with Crippen LogP contribution in [0.25, 0.3) is 0 Å². The second-order valence-electron chi connectivity index (χ2n) is 5.21. The number of hydrogen-bond acceptors (Lipinski definition) is 2. The van der Waals surface area contributed by atoms with E-state index in [1.165, 1.54) is 6.07 Å². The van der Waals surface area contributed by atoms with Crippen molar-refractivity contribution in [3.05, 3.63) is 59.3 Å². The van der Waals surface area contributed by atoms with E-state index in [0.717, 1.165) is 23.3 Å². The fraction of sp³-hybridized carbons (Fsp3) is 0.312. The number of nitrogens with zero attached hydrogens (tertiary/aromatic N) is 1. The summed E-state index contributed by atoms with van der Waals surface area (Å²) in [6.45, 7) is 0.389. The lowest BCUT2D eigenvalue weighted by molar-refractivity contribution is -0.131. The summed E-state index contributed by atoms with van der Waals surface area (Å²) in [6.07, 6.45) is 2.95. The minimum atomic E-state index is -0.240. The lowest BCUT2D eigenvalue weighted by atomic mass is 10.1. The van der Waals surface area contributed by atoms with Gasteiger partial charge >= 0.3 is 0 Å². The summed E-state index contributed by atoms with van der Waals surface area (Å²) in [5, 5.41) is 0. The normalized spacial score (nSPS) is 16.8. The lowest BCUT2D eigenvalue weighted by Gasteiger charge is -2.27. The van der Waals surface area contributed by atoms with Crippen LogP contribution in [0.3, 0.4) is 0 Å². The molecular weight excluding hydrogens is 293 g/mol. The zero-order chi connectivity index (χ0) is 14.8. The molecule has 1 aliphatic rings. The third-order valence-electron chi connectivity index (χ3n) is 3.86. The van der Waals surface area contributed by atoms with Crippen molar-refractivity contribution < 1.29 is 13.6 Å². The average Bonchev–Trinajstić information content (AvgIpc) is 3.12. The molecule has 21 heavy (non-hydrogen) atoms. The van der Waals surface area contributed by atoms with Gasteiger partial charge in [-0.1, -0.05) is 6.07 Å². The standard InChI is InChI=1S/C16H15ClFNO2/c17-9-16(20)19(10-15-2-1-5-21-15)14-7-11-3-4-13(18)6-12(11)8-14/h1-6,14H,7-10H2. The molecule has 0 radical (unpaired) electrons. The van der Waals surface area contributed by atoms with E-state index in [-0.39, 0.29) is 23.6 Å². The van der Waals surface area contributed by atoms with Gasteiger partial charge in [0.2, 0.25) is 5.91 Å². The monoisotopic (exact) mass is 307 g/mol. The van der Waals surface area contributed by atoms with Crippen LogP contribution in [0.4, 0.5) is 4.39 Å². The van der Waals surface area contributed by atoms with Gasteiger partial charge in [0, 0.05) is 6.04 Å². The number of benzene rings is 1. The topological polar surface area (TPSA) is 33.5 Å². The second kappa shape index (κ2) is 5.90. The van der Waals surface area contributed by atoms with E-state index in [9.17, 15) is 9.18 Å². The number of alkyl halides is 1. The Labute approximate surface area is 127 Å². The van der Waals surface area contributed by atoms with E-state index in [0.29, 0.717) is 13.0 Å². The van der Waals surface area contributed by atoms with Crippen LogP contribution in [0.15, 0.2) is 41.0 Å². The molecule has 5 heteroatoms. The summed E-state index contributed by atoms with van der Waals surface area (Å²) in [5.41, 5.74) is 2.06. The third kappa shape index (κ3) is 2.95. The minimum Gasteiger partial charge on any atom is -0.467 e. The van der Waals surface area contributed by atoms with Gasteiger partial charge in [-0.2, -0.15) is 0 Å². The molecule has 1 unspecified atom stereocenters. The molecule has 0 N–H and O–H groups in total. The molecule has 2 aromatic rings. The molecule has 0 fully saturated rings. The van der Waals surface area contributed by atoms with Gasteiger partial charge in [0.25, 0.3) is 0 Å². The van der Waals surface area contributed by atoms with Crippen molar-refractivity contribution in [1.29, 1.82) is 0 Å². The second-order valence-corrected chi connectivity index (χ2v) is 5.48. The van der Waals surface area contributed by atoms with Gasteiger partial charge in [-0.25, -0.2) is 4.39 Å². The lowest BCUT2D eigenvalue weighted by Crippen LogP contribution is -2.41. The first-order chi connectivity index (χ1) is 10.2. The maximum absolute atomic E-state index is 13.3. The summed E-state index contributed by atoms with van der Waals surface area (Å²) >= 11 is 5.72. The Morgan fingerprint density at radius 3 is 2.86 bits per heavy atom. The van der Waals surface area contributed by atoms with Crippen LogP contribution >= 0.6 is 11.6 Å². The predicted octanol–water partition coefficient (Wildman–Crippen LogP) is 3.15. The van der Waals surface area contributed by atoms with Gasteiger partial charge in [0.15, 0.2) is 0 Å². The molecule has 1 heterocycles. The first kappa shape index (κ1) is 14.1. The number of carbonyl (C=O) groups excluding carboxylic acids is 1. The van der Waals surface area contributed by atoms with Crippen LogP contribution in [-0.2, 0) is 24.2 Å². The van der Waals surface area contributed by atoms with E-state index in [4.69, 9.17) is 16.0 Å². The molecule has 0 saturated carbocycles. The van der Waals surface area contributed by atoms with Crippen molar-refractivity contribution in [2.75, 3.05) is 5.88 Å². The molecule has 1 atom stereocenters. The van der Waals surface area contributed by atoms with Gasteiger partial charge in [-0.05, 0) is 48.2 Å². The Kier molecular flexibility index (Phi) is 3.97. The Bertz CT molecular complexity index is 642. The van der Waals surface area contributed by atoms with E-state index >= 15 is 0 Å². The van der Waals surface area contributed by atoms with Crippen LogP contribution in [-0.4, -0.2) is 22.7 Å².